The minimum atomic E-state index is -1.32. The van der Waals surface area contributed by atoms with Gasteiger partial charge in [-0.25, -0.2) is 33.6 Å². The van der Waals surface area contributed by atoms with E-state index in [0.717, 1.165) is 42.7 Å². The van der Waals surface area contributed by atoms with Gasteiger partial charge in [-0.15, -0.1) is 0 Å². The van der Waals surface area contributed by atoms with Crippen LogP contribution >= 0.6 is 0 Å². The summed E-state index contributed by atoms with van der Waals surface area (Å²) in [6.07, 6.45) is 1.86. The minimum absolute atomic E-state index is 0.559. The molecule has 0 N–H and O–H groups in total. The molecule has 0 radical (unpaired) electrons. The molecule has 0 atom stereocenters. The second kappa shape index (κ2) is 16.4. The molecule has 0 saturated heterocycles. The van der Waals surface area contributed by atoms with E-state index in [1.165, 1.54) is 14.0 Å². The second-order valence-electron chi connectivity index (χ2n) is 6.51. The van der Waals surface area contributed by atoms with Gasteiger partial charge in [0, 0.05) is 6.92 Å². The highest BCUT2D eigenvalue weighted by Crippen LogP contribution is 2.32. The van der Waals surface area contributed by atoms with Crippen LogP contribution in [0.2, 0.25) is 0 Å². The second-order valence-corrected chi connectivity index (χ2v) is 6.51. The molecule has 16 nitrogen and oxygen atoms in total. The molecule has 0 amide bonds. The number of carbonyl (C=O) groups is 8. The average Bonchev–Trinajstić information content (AvgIpc) is 2.96. The molecule has 0 aliphatic heterocycles. The molecule has 1 rings (SSSR count). The Morgan fingerprint density at radius 3 is 0.800 bits per heavy atom. The third-order valence-corrected chi connectivity index (χ3v) is 4.37. The largest absolute Gasteiger partial charge is 0.465 e. The highest BCUT2D eigenvalue weighted by atomic mass is 16.6. The van der Waals surface area contributed by atoms with Crippen molar-refractivity contribution in [2.45, 2.75) is 6.92 Å². The number of rotatable bonds is 6. The number of hydrogen-bond donors (Lipinski definition) is 0. The molecule has 0 saturated carbocycles. The van der Waals surface area contributed by atoms with E-state index in [1.54, 1.807) is 0 Å². The lowest BCUT2D eigenvalue weighted by Crippen LogP contribution is -2.30. The van der Waals surface area contributed by atoms with Crippen LogP contribution in [-0.4, -0.2) is 97.5 Å². The van der Waals surface area contributed by atoms with Gasteiger partial charge >= 0.3 is 47.8 Å². The van der Waals surface area contributed by atoms with E-state index in [1.807, 2.05) is 12.0 Å². The molecule has 0 bridgehead atoms. The third-order valence-electron chi connectivity index (χ3n) is 4.37. The molecule has 1 aromatic carbocycles. The molecule has 0 aliphatic carbocycles. The van der Waals surface area contributed by atoms with Gasteiger partial charge in [-0.3, -0.25) is 4.79 Å². The first-order valence-corrected chi connectivity index (χ1v) is 10.3. The number of benzene rings is 1. The zero-order valence-electron chi connectivity index (χ0n) is 22.5. The van der Waals surface area contributed by atoms with Crippen LogP contribution < -0.4 is 0 Å². The Labute approximate surface area is 226 Å². The van der Waals surface area contributed by atoms with Crippen LogP contribution in [0, 0.1) is 12.0 Å². The maximum Gasteiger partial charge on any atom is 0.387 e. The fourth-order valence-electron chi connectivity index (χ4n) is 2.78. The van der Waals surface area contributed by atoms with Crippen molar-refractivity contribution >= 4 is 47.8 Å². The summed E-state index contributed by atoms with van der Waals surface area (Å²) in [7, 11) is 6.65. The Kier molecular flexibility index (Phi) is 14.2. The molecule has 40 heavy (non-hydrogen) atoms. The van der Waals surface area contributed by atoms with Crippen LogP contribution in [0.1, 0.15) is 69.1 Å². The fraction of sp³-hybridized carbons (Fsp3) is 0.333. The summed E-state index contributed by atoms with van der Waals surface area (Å²) in [5, 5.41) is 0. The van der Waals surface area contributed by atoms with Gasteiger partial charge in [-0.2, -0.15) is 0 Å². The molecule has 0 unspecified atom stereocenters. The molecule has 0 heterocycles. The van der Waals surface area contributed by atoms with E-state index in [4.69, 9.17) is 0 Å². The lowest BCUT2D eigenvalue weighted by Gasteiger charge is -2.20. The Hall–Kier alpha value is -5.46. The van der Waals surface area contributed by atoms with Gasteiger partial charge in [0.1, 0.15) is 6.11 Å². The quantitative estimate of drug-likeness (QED) is 0.253. The molecule has 0 spiro atoms. The summed E-state index contributed by atoms with van der Waals surface area (Å²) < 4.78 is 35.8. The van der Waals surface area contributed by atoms with Crippen molar-refractivity contribution in [2.24, 2.45) is 0 Å². The van der Waals surface area contributed by atoms with E-state index in [9.17, 15) is 38.4 Å². The predicted octanol–water partition coefficient (Wildman–Crippen LogP) is 0.0896. The van der Waals surface area contributed by atoms with Crippen LogP contribution in [-0.2, 0) is 47.5 Å². The fourth-order valence-corrected chi connectivity index (χ4v) is 2.78. The van der Waals surface area contributed by atoms with Crippen LogP contribution in [0.5, 0.6) is 0 Å². The van der Waals surface area contributed by atoms with Gasteiger partial charge in [0.15, 0.2) is 0 Å². The summed E-state index contributed by atoms with van der Waals surface area (Å²) in [6, 6.07) is 0. The first-order chi connectivity index (χ1) is 18.8. The van der Waals surface area contributed by atoms with Gasteiger partial charge in [0.05, 0.1) is 89.1 Å². The monoisotopic (exact) mass is 568 g/mol. The predicted molar refractivity (Wildman–Crippen MR) is 126 cm³/mol. The number of esters is 8. The first kappa shape index (κ1) is 34.5. The van der Waals surface area contributed by atoms with Crippen molar-refractivity contribution in [3.05, 3.63) is 33.4 Å². The lowest BCUT2D eigenvalue weighted by molar-refractivity contribution is -0.134. The molecular weight excluding hydrogens is 544 g/mol. The van der Waals surface area contributed by atoms with Gasteiger partial charge in [-0.05, 0) is 0 Å². The van der Waals surface area contributed by atoms with Gasteiger partial charge in [0.25, 0.3) is 0 Å². The van der Waals surface area contributed by atoms with Crippen LogP contribution in [0.3, 0.4) is 0 Å². The summed E-state index contributed by atoms with van der Waals surface area (Å²) in [5.41, 5.74) is -5.22. The Bertz CT molecular complexity index is 1060. The Morgan fingerprint density at radius 1 is 0.425 bits per heavy atom. The van der Waals surface area contributed by atoms with Crippen molar-refractivity contribution in [2.75, 3.05) is 49.8 Å². The first-order valence-electron chi connectivity index (χ1n) is 10.3. The normalized spacial score (nSPS) is 9.10. The van der Waals surface area contributed by atoms with Crippen molar-refractivity contribution in [3.63, 3.8) is 0 Å². The standard InChI is InChI=1S/C18H18O12.C6H6O4/c1-25-13(19)7-8(14(20)26-2)10(16(22)28-4)12(18(24)30-6)11(17(23)29-5)9(7)15(21)27-3;1-5(7)10-4-3-6(8)9-2/h1-6H3;1-2H3. The van der Waals surface area contributed by atoms with Crippen molar-refractivity contribution in [1.82, 2.24) is 0 Å². The number of methoxy groups -OCH3 is 7. The van der Waals surface area contributed by atoms with E-state index >= 15 is 0 Å². The van der Waals surface area contributed by atoms with Gasteiger partial charge < -0.3 is 37.9 Å². The molecule has 0 aliphatic rings. The van der Waals surface area contributed by atoms with Crippen molar-refractivity contribution in [3.8, 4) is 12.0 Å². The SMILES string of the molecule is COC(=O)C#COC(C)=O.COC(=O)c1c(C(=O)OC)c(C(=O)OC)c(C(=O)OC)c(C(=O)OC)c1C(=O)OC. The number of ether oxygens (including phenoxy) is 8. The molecular formula is C24H24O16. The van der Waals surface area contributed by atoms with Crippen molar-refractivity contribution in [1.29, 1.82) is 0 Å². The maximum absolute atomic E-state index is 12.5. The number of hydrogen-bond acceptors (Lipinski definition) is 16. The number of carbonyl (C=O) groups excluding carboxylic acids is 8. The Balaban J connectivity index is 0.00000129. The topological polar surface area (TPSA) is 210 Å². The zero-order chi connectivity index (χ0) is 31.2. The summed E-state index contributed by atoms with van der Waals surface area (Å²) >= 11 is 0. The van der Waals surface area contributed by atoms with E-state index in [-0.39, 0.29) is 0 Å². The van der Waals surface area contributed by atoms with Crippen LogP contribution in [0.4, 0.5) is 0 Å². The highest BCUT2D eigenvalue weighted by Gasteiger charge is 2.42. The summed E-state index contributed by atoms with van der Waals surface area (Å²) in [5.74, 6) is -7.29. The smallest absolute Gasteiger partial charge is 0.387 e. The summed E-state index contributed by atoms with van der Waals surface area (Å²) in [4.78, 5) is 95.3. The molecule has 216 valence electrons. The van der Waals surface area contributed by atoms with Gasteiger partial charge in [-0.1, -0.05) is 0 Å². The minimum Gasteiger partial charge on any atom is -0.465 e. The zero-order valence-corrected chi connectivity index (χ0v) is 22.5. The van der Waals surface area contributed by atoms with E-state index in [0.29, 0.717) is 0 Å². The van der Waals surface area contributed by atoms with Crippen LogP contribution in [0.25, 0.3) is 0 Å². The van der Waals surface area contributed by atoms with Crippen LogP contribution in [0.15, 0.2) is 0 Å². The average molecular weight is 568 g/mol. The lowest BCUT2D eigenvalue weighted by atomic mass is 9.85. The van der Waals surface area contributed by atoms with E-state index in [2.05, 4.69) is 37.9 Å². The molecule has 16 heteroatoms. The maximum atomic E-state index is 12.5. The molecule has 0 aromatic heterocycles. The molecule has 1 aromatic rings. The molecule has 0 fully saturated rings. The van der Waals surface area contributed by atoms with Gasteiger partial charge in [0.2, 0.25) is 0 Å². The third kappa shape index (κ3) is 8.28. The van der Waals surface area contributed by atoms with Crippen molar-refractivity contribution < 1.29 is 76.3 Å². The van der Waals surface area contributed by atoms with E-state index < -0.39 is 81.1 Å². The summed E-state index contributed by atoms with van der Waals surface area (Å²) in [6.45, 7) is 1.19. The Morgan fingerprint density at radius 2 is 0.650 bits per heavy atom. The highest BCUT2D eigenvalue weighted by molar-refractivity contribution is 6.24.